The van der Waals surface area contributed by atoms with E-state index >= 15 is 0 Å². The molecule has 2 aliphatic heterocycles. The molecule has 0 saturated heterocycles. The number of allylic oxidation sites excluding steroid dienone is 1. The molecule has 0 spiro atoms. The van der Waals surface area contributed by atoms with E-state index in [2.05, 4.69) is 31.3 Å². The van der Waals surface area contributed by atoms with Gasteiger partial charge in [0.15, 0.2) is 5.82 Å². The molecule has 4 nitrogen and oxygen atoms in total. The van der Waals surface area contributed by atoms with Crippen molar-refractivity contribution in [2.24, 2.45) is 4.99 Å². The van der Waals surface area contributed by atoms with E-state index in [9.17, 15) is 0 Å². The molecule has 0 aromatic rings. The van der Waals surface area contributed by atoms with Gasteiger partial charge in [-0.25, -0.2) is 10.0 Å². The Morgan fingerprint density at radius 1 is 1.38 bits per heavy atom. The summed E-state index contributed by atoms with van der Waals surface area (Å²) >= 11 is 0. The quantitative estimate of drug-likeness (QED) is 0.605. The molecule has 0 aliphatic carbocycles. The van der Waals surface area contributed by atoms with Crippen LogP contribution in [0.15, 0.2) is 29.3 Å². The van der Waals surface area contributed by atoms with Crippen LogP contribution in [-0.4, -0.2) is 21.8 Å². The Labute approximate surface area is 78.2 Å². The fourth-order valence-electron chi connectivity index (χ4n) is 1.17. The first-order valence-electron chi connectivity index (χ1n) is 4.35. The predicted octanol–water partition coefficient (Wildman–Crippen LogP) is 1.22. The molecule has 0 atom stereocenters. The van der Waals surface area contributed by atoms with Crippen LogP contribution in [0.2, 0.25) is 0 Å². The summed E-state index contributed by atoms with van der Waals surface area (Å²) in [5.41, 5.74) is 3.27. The normalized spacial score (nSPS) is 20.7. The highest BCUT2D eigenvalue weighted by atomic mass is 15.8. The number of aliphatic imine (C=N–C) groups is 1. The summed E-state index contributed by atoms with van der Waals surface area (Å²) in [6, 6.07) is 0. The highest BCUT2D eigenvalue weighted by Gasteiger charge is 2.27. The Morgan fingerprint density at radius 2 is 2.15 bits per heavy atom. The topological polar surface area (TPSA) is 30.9 Å². The van der Waals surface area contributed by atoms with Crippen LogP contribution in [-0.2, 0) is 0 Å². The smallest absolute Gasteiger partial charge is 0.166 e. The van der Waals surface area contributed by atoms with E-state index in [0.717, 1.165) is 5.82 Å². The maximum atomic E-state index is 4.23. The largest absolute Gasteiger partial charge is 0.289 e. The molecule has 4 heteroatoms. The van der Waals surface area contributed by atoms with Gasteiger partial charge in [-0.3, -0.25) is 5.01 Å². The fourth-order valence-corrected chi connectivity index (χ4v) is 1.17. The van der Waals surface area contributed by atoms with Crippen molar-refractivity contribution in [2.45, 2.75) is 26.3 Å². The molecule has 0 bridgehead atoms. The van der Waals surface area contributed by atoms with Crippen molar-refractivity contribution in [3.63, 3.8) is 0 Å². The van der Waals surface area contributed by atoms with Gasteiger partial charge in [-0.2, -0.15) is 0 Å². The summed E-state index contributed by atoms with van der Waals surface area (Å²) in [5, 5.41) is 3.93. The van der Waals surface area contributed by atoms with Crippen molar-refractivity contribution in [1.82, 2.24) is 15.6 Å². The minimum Gasteiger partial charge on any atom is -0.289 e. The van der Waals surface area contributed by atoms with Gasteiger partial charge in [0.1, 0.15) is 0 Å². The van der Waals surface area contributed by atoms with Crippen LogP contribution in [0.4, 0.5) is 0 Å². The van der Waals surface area contributed by atoms with Gasteiger partial charge in [0, 0.05) is 18.0 Å². The molecule has 0 amide bonds. The van der Waals surface area contributed by atoms with E-state index in [1.807, 2.05) is 28.5 Å². The van der Waals surface area contributed by atoms with Crippen LogP contribution in [0.1, 0.15) is 20.8 Å². The molecule has 13 heavy (non-hydrogen) atoms. The van der Waals surface area contributed by atoms with E-state index in [0.29, 0.717) is 0 Å². The number of hydrazine groups is 2. The lowest BCUT2D eigenvalue weighted by atomic mass is 10.1. The van der Waals surface area contributed by atoms with E-state index in [1.54, 1.807) is 6.21 Å². The number of hydrogen-bond acceptors (Lipinski definition) is 4. The van der Waals surface area contributed by atoms with Gasteiger partial charge in [0.05, 0.1) is 6.20 Å². The van der Waals surface area contributed by atoms with E-state index < -0.39 is 0 Å². The molecular formula is C9H14N4. The number of rotatable bonds is 0. The Hall–Kier alpha value is -1.29. The lowest BCUT2D eigenvalue weighted by Gasteiger charge is -2.32. The summed E-state index contributed by atoms with van der Waals surface area (Å²) in [6.07, 6.45) is 7.64. The third kappa shape index (κ3) is 1.45. The Bertz CT molecular complexity index is 295. The van der Waals surface area contributed by atoms with Gasteiger partial charge in [-0.05, 0) is 26.8 Å². The van der Waals surface area contributed by atoms with Gasteiger partial charge < -0.3 is 0 Å². The molecule has 70 valence electrons. The van der Waals surface area contributed by atoms with E-state index in [1.165, 1.54) is 0 Å². The molecule has 0 unspecified atom stereocenters. The number of hydrogen-bond donors (Lipinski definition) is 1. The molecule has 2 aliphatic rings. The van der Waals surface area contributed by atoms with Crippen molar-refractivity contribution in [3.8, 4) is 0 Å². The second kappa shape index (κ2) is 2.60. The van der Waals surface area contributed by atoms with Crippen molar-refractivity contribution >= 4 is 6.21 Å². The average molecular weight is 178 g/mol. The van der Waals surface area contributed by atoms with Crippen molar-refractivity contribution < 1.29 is 0 Å². The van der Waals surface area contributed by atoms with Gasteiger partial charge >= 0.3 is 0 Å². The molecule has 0 aromatic heterocycles. The predicted molar refractivity (Wildman–Crippen MR) is 52.3 cm³/mol. The summed E-state index contributed by atoms with van der Waals surface area (Å²) in [7, 11) is 0. The minimum atomic E-state index is 0.0632. The SMILES string of the molecule is CC(C)(C)N1C=C2N=CC=CN2N1. The second-order valence-electron chi connectivity index (χ2n) is 4.12. The molecular weight excluding hydrogens is 164 g/mol. The van der Waals surface area contributed by atoms with Crippen molar-refractivity contribution in [1.29, 1.82) is 0 Å². The van der Waals surface area contributed by atoms with Gasteiger partial charge in [0.25, 0.3) is 0 Å². The molecule has 2 rings (SSSR count). The van der Waals surface area contributed by atoms with Gasteiger partial charge in [-0.15, -0.1) is 5.53 Å². The standard InChI is InChI=1S/C9H14N4/c1-9(2,3)13-7-8-10-5-4-6-12(8)11-13/h4-7,11H,1-3H3. The van der Waals surface area contributed by atoms with Crippen LogP contribution >= 0.6 is 0 Å². The van der Waals surface area contributed by atoms with Crippen LogP contribution < -0.4 is 5.53 Å². The lowest BCUT2D eigenvalue weighted by molar-refractivity contribution is 0.0823. The van der Waals surface area contributed by atoms with Crippen molar-refractivity contribution in [3.05, 3.63) is 24.3 Å². The first-order chi connectivity index (χ1) is 6.07. The van der Waals surface area contributed by atoms with Gasteiger partial charge in [0.2, 0.25) is 0 Å². The third-order valence-electron chi connectivity index (χ3n) is 1.96. The Kier molecular flexibility index (Phi) is 1.66. The number of fused-ring (bicyclic) bond motifs is 1. The molecule has 0 saturated carbocycles. The number of nitrogens with zero attached hydrogens (tertiary/aromatic N) is 3. The maximum Gasteiger partial charge on any atom is 0.166 e. The third-order valence-corrected chi connectivity index (χ3v) is 1.96. The summed E-state index contributed by atoms with van der Waals surface area (Å²) in [4.78, 5) is 4.23. The van der Waals surface area contributed by atoms with E-state index in [-0.39, 0.29) is 5.54 Å². The fraction of sp³-hybridized carbons (Fsp3) is 0.444. The molecule has 0 radical (unpaired) electrons. The highest BCUT2D eigenvalue weighted by molar-refractivity contribution is 5.73. The van der Waals surface area contributed by atoms with Crippen LogP contribution in [0.25, 0.3) is 0 Å². The Balaban J connectivity index is 2.21. The summed E-state index contributed by atoms with van der Waals surface area (Å²) in [6.45, 7) is 6.43. The maximum absolute atomic E-state index is 4.23. The lowest BCUT2D eigenvalue weighted by Crippen LogP contribution is -2.47. The second-order valence-corrected chi connectivity index (χ2v) is 4.12. The Morgan fingerprint density at radius 3 is 2.77 bits per heavy atom. The number of nitrogens with one attached hydrogen (secondary N) is 1. The summed E-state index contributed by atoms with van der Waals surface area (Å²) < 4.78 is 0. The van der Waals surface area contributed by atoms with Crippen LogP contribution in [0, 0.1) is 0 Å². The molecule has 0 aromatic carbocycles. The zero-order valence-electron chi connectivity index (χ0n) is 8.15. The molecule has 1 N–H and O–H groups in total. The minimum absolute atomic E-state index is 0.0632. The zero-order chi connectivity index (χ0) is 9.47. The average Bonchev–Trinajstić information content (AvgIpc) is 2.45. The van der Waals surface area contributed by atoms with Crippen molar-refractivity contribution in [2.75, 3.05) is 0 Å². The van der Waals surface area contributed by atoms with Crippen LogP contribution in [0.3, 0.4) is 0 Å². The van der Waals surface area contributed by atoms with Crippen LogP contribution in [0.5, 0.6) is 0 Å². The summed E-state index contributed by atoms with van der Waals surface area (Å²) in [5.74, 6) is 0.928. The van der Waals surface area contributed by atoms with E-state index in [4.69, 9.17) is 0 Å². The monoisotopic (exact) mass is 178 g/mol. The first-order valence-corrected chi connectivity index (χ1v) is 4.35. The molecule has 0 fully saturated rings. The highest BCUT2D eigenvalue weighted by Crippen LogP contribution is 2.21. The molecule has 2 heterocycles. The van der Waals surface area contributed by atoms with Gasteiger partial charge in [-0.1, -0.05) is 0 Å². The first kappa shape index (κ1) is 8.31. The zero-order valence-corrected chi connectivity index (χ0v) is 8.15.